The molecule has 0 spiro atoms. The van der Waals surface area contributed by atoms with Crippen LogP contribution in [-0.2, 0) is 6.61 Å². The first-order chi connectivity index (χ1) is 9.28. The van der Waals surface area contributed by atoms with Crippen molar-refractivity contribution in [3.63, 3.8) is 0 Å². The number of nitrogen functional groups attached to an aromatic ring is 1. The molecule has 0 aliphatic heterocycles. The number of aliphatic hydroxyl groups excluding tert-OH is 1. The van der Waals surface area contributed by atoms with Gasteiger partial charge in [0.2, 0.25) is 10.3 Å². The molecular weight excluding hydrogens is 264 g/mol. The van der Waals surface area contributed by atoms with E-state index in [-0.39, 0.29) is 6.61 Å². The third kappa shape index (κ3) is 4.38. The van der Waals surface area contributed by atoms with Gasteiger partial charge in [-0.3, -0.25) is 0 Å². The standard InChI is InChI=1S/C12H16N4O2S/c13-11-15-16-12(19-11)14-5-2-6-18-10-4-1-3-9(7-10)8-17/h1,3-4,7,17H,2,5-6,8H2,(H2,13,15)(H,14,16). The van der Waals surface area contributed by atoms with E-state index in [0.29, 0.717) is 11.7 Å². The lowest BCUT2D eigenvalue weighted by molar-refractivity contribution is 0.279. The van der Waals surface area contributed by atoms with Gasteiger partial charge < -0.3 is 20.9 Å². The zero-order valence-corrected chi connectivity index (χ0v) is 11.2. The van der Waals surface area contributed by atoms with Gasteiger partial charge in [-0.25, -0.2) is 0 Å². The van der Waals surface area contributed by atoms with E-state index < -0.39 is 0 Å². The molecule has 0 unspecified atom stereocenters. The molecule has 4 N–H and O–H groups in total. The van der Waals surface area contributed by atoms with Crippen LogP contribution < -0.4 is 15.8 Å². The summed E-state index contributed by atoms with van der Waals surface area (Å²) in [6.45, 7) is 1.36. The number of aliphatic hydroxyl groups is 1. The van der Waals surface area contributed by atoms with Crippen LogP contribution in [0.5, 0.6) is 5.75 Å². The molecule has 2 rings (SSSR count). The Hall–Kier alpha value is -1.86. The molecule has 0 aliphatic rings. The van der Waals surface area contributed by atoms with E-state index in [1.54, 1.807) is 0 Å². The van der Waals surface area contributed by atoms with Crippen LogP contribution in [0.15, 0.2) is 24.3 Å². The number of rotatable bonds is 7. The van der Waals surface area contributed by atoms with Crippen molar-refractivity contribution in [3.8, 4) is 5.75 Å². The molecule has 7 heteroatoms. The summed E-state index contributed by atoms with van der Waals surface area (Å²) in [5, 5.41) is 20.9. The van der Waals surface area contributed by atoms with Crippen molar-refractivity contribution < 1.29 is 9.84 Å². The molecule has 102 valence electrons. The molecule has 0 radical (unpaired) electrons. The Morgan fingerprint density at radius 3 is 3.00 bits per heavy atom. The normalized spacial score (nSPS) is 10.4. The molecule has 0 saturated heterocycles. The van der Waals surface area contributed by atoms with Gasteiger partial charge in [0.1, 0.15) is 5.75 Å². The first-order valence-electron chi connectivity index (χ1n) is 5.93. The smallest absolute Gasteiger partial charge is 0.207 e. The van der Waals surface area contributed by atoms with Crippen molar-refractivity contribution >= 4 is 21.6 Å². The Morgan fingerprint density at radius 1 is 1.37 bits per heavy atom. The third-order valence-electron chi connectivity index (χ3n) is 2.39. The third-order valence-corrected chi connectivity index (χ3v) is 3.10. The molecule has 19 heavy (non-hydrogen) atoms. The maximum atomic E-state index is 9.01. The van der Waals surface area contributed by atoms with Crippen LogP contribution in [0.2, 0.25) is 0 Å². The second-order valence-corrected chi connectivity index (χ2v) is 4.89. The van der Waals surface area contributed by atoms with E-state index in [9.17, 15) is 0 Å². The Labute approximate surface area is 115 Å². The number of nitrogens with two attached hydrogens (primary N) is 1. The highest BCUT2D eigenvalue weighted by atomic mass is 32.1. The van der Waals surface area contributed by atoms with Gasteiger partial charge in [-0.05, 0) is 24.1 Å². The fourth-order valence-electron chi connectivity index (χ4n) is 1.50. The molecule has 0 amide bonds. The molecule has 1 heterocycles. The maximum Gasteiger partial charge on any atom is 0.207 e. The fraction of sp³-hybridized carbons (Fsp3) is 0.333. The minimum Gasteiger partial charge on any atom is -0.494 e. The summed E-state index contributed by atoms with van der Waals surface area (Å²) >= 11 is 1.32. The van der Waals surface area contributed by atoms with Crippen LogP contribution in [0.3, 0.4) is 0 Å². The molecule has 1 aromatic heterocycles. The quantitative estimate of drug-likeness (QED) is 0.665. The van der Waals surface area contributed by atoms with E-state index in [0.717, 1.165) is 29.4 Å². The van der Waals surface area contributed by atoms with Crippen LogP contribution in [0.25, 0.3) is 0 Å². The van der Waals surface area contributed by atoms with Gasteiger partial charge in [0.15, 0.2) is 0 Å². The van der Waals surface area contributed by atoms with Crippen molar-refractivity contribution in [2.75, 3.05) is 24.2 Å². The number of benzene rings is 1. The van der Waals surface area contributed by atoms with Crippen LogP contribution in [0, 0.1) is 0 Å². The van der Waals surface area contributed by atoms with Crippen molar-refractivity contribution in [2.45, 2.75) is 13.0 Å². The molecule has 0 fully saturated rings. The van der Waals surface area contributed by atoms with E-state index in [4.69, 9.17) is 15.6 Å². The predicted octanol–water partition coefficient (Wildman–Crippen LogP) is 1.49. The summed E-state index contributed by atoms with van der Waals surface area (Å²) in [4.78, 5) is 0. The van der Waals surface area contributed by atoms with Gasteiger partial charge in [0.05, 0.1) is 13.2 Å². The molecule has 0 aliphatic carbocycles. The summed E-state index contributed by atoms with van der Waals surface area (Å²) in [5.41, 5.74) is 6.32. The number of hydrogen-bond donors (Lipinski definition) is 3. The second-order valence-electron chi connectivity index (χ2n) is 3.88. The lowest BCUT2D eigenvalue weighted by Gasteiger charge is -2.07. The Morgan fingerprint density at radius 2 is 2.26 bits per heavy atom. The lowest BCUT2D eigenvalue weighted by atomic mass is 10.2. The monoisotopic (exact) mass is 280 g/mol. The summed E-state index contributed by atoms with van der Waals surface area (Å²) in [6, 6.07) is 7.42. The minimum atomic E-state index is 0.0250. The highest BCUT2D eigenvalue weighted by molar-refractivity contribution is 7.18. The number of nitrogens with one attached hydrogen (secondary N) is 1. The predicted molar refractivity (Wildman–Crippen MR) is 75.3 cm³/mol. The number of nitrogens with zero attached hydrogens (tertiary/aromatic N) is 2. The second kappa shape index (κ2) is 6.91. The van der Waals surface area contributed by atoms with E-state index in [1.807, 2.05) is 24.3 Å². The zero-order valence-electron chi connectivity index (χ0n) is 10.4. The van der Waals surface area contributed by atoms with Crippen LogP contribution >= 0.6 is 11.3 Å². The van der Waals surface area contributed by atoms with E-state index in [2.05, 4.69) is 15.5 Å². The molecule has 2 aromatic rings. The summed E-state index contributed by atoms with van der Waals surface area (Å²) in [7, 11) is 0. The van der Waals surface area contributed by atoms with Gasteiger partial charge in [0, 0.05) is 6.54 Å². The van der Waals surface area contributed by atoms with Gasteiger partial charge in [-0.2, -0.15) is 0 Å². The van der Waals surface area contributed by atoms with Crippen LogP contribution in [0.4, 0.5) is 10.3 Å². The van der Waals surface area contributed by atoms with Gasteiger partial charge in [-0.15, -0.1) is 10.2 Å². The Balaban J connectivity index is 1.66. The van der Waals surface area contributed by atoms with Crippen molar-refractivity contribution in [3.05, 3.63) is 29.8 Å². The SMILES string of the molecule is Nc1nnc(NCCCOc2cccc(CO)c2)s1. The highest BCUT2D eigenvalue weighted by Gasteiger charge is 1.99. The van der Waals surface area contributed by atoms with Gasteiger partial charge in [-0.1, -0.05) is 23.5 Å². The topological polar surface area (TPSA) is 93.3 Å². The van der Waals surface area contributed by atoms with E-state index >= 15 is 0 Å². The van der Waals surface area contributed by atoms with Crippen molar-refractivity contribution in [1.82, 2.24) is 10.2 Å². The van der Waals surface area contributed by atoms with E-state index in [1.165, 1.54) is 11.3 Å². The average Bonchev–Trinajstić information content (AvgIpc) is 2.84. The zero-order chi connectivity index (χ0) is 13.5. The minimum absolute atomic E-state index is 0.0250. The summed E-state index contributed by atoms with van der Waals surface area (Å²) < 4.78 is 5.58. The maximum absolute atomic E-state index is 9.01. The first kappa shape index (κ1) is 13.6. The molecule has 0 bridgehead atoms. The summed E-state index contributed by atoms with van der Waals surface area (Å²) in [5.74, 6) is 0.770. The van der Waals surface area contributed by atoms with Crippen molar-refractivity contribution in [1.29, 1.82) is 0 Å². The number of aromatic nitrogens is 2. The number of ether oxygens (including phenoxy) is 1. The van der Waals surface area contributed by atoms with Gasteiger partial charge >= 0.3 is 0 Å². The highest BCUT2D eigenvalue weighted by Crippen LogP contribution is 2.16. The fourth-order valence-corrected chi connectivity index (χ4v) is 2.03. The van der Waals surface area contributed by atoms with Gasteiger partial charge in [0.25, 0.3) is 0 Å². The molecule has 1 aromatic carbocycles. The van der Waals surface area contributed by atoms with Crippen LogP contribution in [-0.4, -0.2) is 28.5 Å². The molecule has 0 saturated carbocycles. The first-order valence-corrected chi connectivity index (χ1v) is 6.75. The Kier molecular flexibility index (Phi) is 4.93. The number of anilines is 2. The van der Waals surface area contributed by atoms with Crippen LogP contribution in [0.1, 0.15) is 12.0 Å². The average molecular weight is 280 g/mol. The Bertz CT molecular complexity index is 518. The molecular formula is C12H16N4O2S. The van der Waals surface area contributed by atoms with Crippen molar-refractivity contribution in [2.24, 2.45) is 0 Å². The number of hydrogen-bond acceptors (Lipinski definition) is 7. The lowest BCUT2D eigenvalue weighted by Crippen LogP contribution is -2.07. The summed E-state index contributed by atoms with van der Waals surface area (Å²) in [6.07, 6.45) is 0.836. The molecule has 0 atom stereocenters. The largest absolute Gasteiger partial charge is 0.494 e. The molecule has 6 nitrogen and oxygen atoms in total.